The number of fused-ring (bicyclic) bond motifs is 1. The lowest BCUT2D eigenvalue weighted by Gasteiger charge is -2.39. The minimum absolute atomic E-state index is 0.0185. The van der Waals surface area contributed by atoms with E-state index in [0.29, 0.717) is 17.1 Å². The van der Waals surface area contributed by atoms with Gasteiger partial charge in [-0.25, -0.2) is 0 Å². The molecule has 0 aliphatic carbocycles. The quantitative estimate of drug-likeness (QED) is 0.393. The zero-order valence-electron chi connectivity index (χ0n) is 16.3. The van der Waals surface area contributed by atoms with Crippen LogP contribution in [0.4, 0.5) is 11.4 Å². The van der Waals surface area contributed by atoms with Gasteiger partial charge in [-0.05, 0) is 35.7 Å². The fourth-order valence-electron chi connectivity index (χ4n) is 3.35. The van der Waals surface area contributed by atoms with Crippen molar-refractivity contribution in [3.8, 4) is 11.5 Å². The molecule has 3 aromatic rings. The molecule has 31 heavy (non-hydrogen) atoms. The normalized spacial score (nSPS) is 26.4. The Hall–Kier alpha value is -3.08. The van der Waals surface area contributed by atoms with Crippen LogP contribution in [0, 0.1) is 0 Å². The van der Waals surface area contributed by atoms with Crippen LogP contribution in [0.25, 0.3) is 10.8 Å². The maximum atomic E-state index is 10.2. The molecule has 0 spiro atoms. The number of phenolic OH excluding ortho intramolecular Hbond substituents is 1. The molecule has 0 aromatic heterocycles. The fraction of sp³-hybridized carbons (Fsp3) is 0.273. The number of benzene rings is 3. The van der Waals surface area contributed by atoms with Crippen molar-refractivity contribution in [2.75, 3.05) is 6.61 Å². The highest BCUT2D eigenvalue weighted by atomic mass is 16.7. The van der Waals surface area contributed by atoms with Crippen molar-refractivity contribution >= 4 is 22.1 Å². The lowest BCUT2D eigenvalue weighted by atomic mass is 9.99. The summed E-state index contributed by atoms with van der Waals surface area (Å²) in [5, 5.41) is 59.2. The van der Waals surface area contributed by atoms with E-state index in [2.05, 4.69) is 10.2 Å². The molecular formula is C22H22N2O7. The lowest BCUT2D eigenvalue weighted by molar-refractivity contribution is -0.277. The number of aliphatic hydroxyl groups excluding tert-OH is 4. The summed E-state index contributed by atoms with van der Waals surface area (Å²) in [4.78, 5) is 0. The summed E-state index contributed by atoms with van der Waals surface area (Å²) in [6.45, 7) is -0.537. The minimum Gasteiger partial charge on any atom is -0.506 e. The summed E-state index contributed by atoms with van der Waals surface area (Å²) in [7, 11) is 0. The molecule has 0 bridgehead atoms. The highest BCUT2D eigenvalue weighted by molar-refractivity contribution is 5.95. The molecule has 0 radical (unpaired) electrons. The number of nitrogens with zero attached hydrogens (tertiary/aromatic N) is 2. The van der Waals surface area contributed by atoms with E-state index in [4.69, 9.17) is 9.47 Å². The standard InChI is InChI=1S/C22H22N2O7/c25-11-17-19(27)20(28)21(29)22(31-17)30-14-8-6-13(7-9-14)23-24-18-15-4-2-1-3-12(15)5-10-16(18)26/h1-10,17,19-22,25-29H,11H2/t17-,19+,20+,21-,22-/m1/s1. The van der Waals surface area contributed by atoms with Gasteiger partial charge in [0, 0.05) is 5.39 Å². The first-order chi connectivity index (χ1) is 15.0. The second kappa shape index (κ2) is 8.96. The van der Waals surface area contributed by atoms with E-state index >= 15 is 0 Å². The van der Waals surface area contributed by atoms with E-state index < -0.39 is 37.3 Å². The SMILES string of the molecule is OC[C@H]1O[C@@H](Oc2ccc(N=Nc3c(O)ccc4ccccc34)cc2)[C@H](O)[C@@H](O)[C@H]1O. The Balaban J connectivity index is 1.49. The Labute approximate surface area is 177 Å². The maximum absolute atomic E-state index is 10.2. The molecule has 9 heteroatoms. The third kappa shape index (κ3) is 4.36. The Morgan fingerprint density at radius 3 is 2.32 bits per heavy atom. The Morgan fingerprint density at radius 1 is 0.839 bits per heavy atom. The van der Waals surface area contributed by atoms with E-state index in [1.165, 1.54) is 0 Å². The molecule has 1 fully saturated rings. The number of phenols is 1. The lowest BCUT2D eigenvalue weighted by Crippen LogP contribution is -2.60. The van der Waals surface area contributed by atoms with Gasteiger partial charge < -0.3 is 35.0 Å². The van der Waals surface area contributed by atoms with E-state index in [-0.39, 0.29) is 5.75 Å². The number of azo groups is 1. The number of hydrogen-bond acceptors (Lipinski definition) is 9. The van der Waals surface area contributed by atoms with Crippen LogP contribution in [0.1, 0.15) is 0 Å². The zero-order chi connectivity index (χ0) is 22.0. The molecule has 0 amide bonds. The first-order valence-electron chi connectivity index (χ1n) is 9.67. The van der Waals surface area contributed by atoms with Crippen LogP contribution in [0.2, 0.25) is 0 Å². The van der Waals surface area contributed by atoms with Crippen LogP contribution in [-0.2, 0) is 4.74 Å². The molecule has 1 saturated heterocycles. The molecule has 1 aliphatic rings. The average Bonchev–Trinajstić information content (AvgIpc) is 2.79. The number of rotatable bonds is 5. The summed E-state index contributed by atoms with van der Waals surface area (Å²) in [6.07, 6.45) is -6.78. The molecule has 162 valence electrons. The second-order valence-electron chi connectivity index (χ2n) is 7.16. The van der Waals surface area contributed by atoms with Gasteiger partial charge in [0.15, 0.2) is 0 Å². The third-order valence-electron chi connectivity index (χ3n) is 5.08. The van der Waals surface area contributed by atoms with E-state index in [9.17, 15) is 25.5 Å². The van der Waals surface area contributed by atoms with Gasteiger partial charge in [-0.1, -0.05) is 30.3 Å². The van der Waals surface area contributed by atoms with E-state index in [1.807, 2.05) is 24.3 Å². The molecule has 3 aromatic carbocycles. The van der Waals surface area contributed by atoms with Crippen molar-refractivity contribution in [3.63, 3.8) is 0 Å². The molecule has 1 heterocycles. The summed E-state index contributed by atoms with van der Waals surface area (Å²) in [5.74, 6) is 0.335. The molecule has 9 nitrogen and oxygen atoms in total. The molecule has 0 saturated carbocycles. The minimum atomic E-state index is -1.52. The molecule has 5 atom stereocenters. The molecular weight excluding hydrogens is 404 g/mol. The van der Waals surface area contributed by atoms with Crippen LogP contribution >= 0.6 is 0 Å². The van der Waals surface area contributed by atoms with Gasteiger partial charge >= 0.3 is 0 Å². The number of hydrogen-bond donors (Lipinski definition) is 5. The molecule has 0 unspecified atom stereocenters. The van der Waals surface area contributed by atoms with Gasteiger partial charge in [0.1, 0.15) is 41.6 Å². The van der Waals surface area contributed by atoms with Crippen molar-refractivity contribution in [2.45, 2.75) is 30.7 Å². The van der Waals surface area contributed by atoms with Gasteiger partial charge in [-0.15, -0.1) is 5.11 Å². The van der Waals surface area contributed by atoms with Crippen LogP contribution in [0.3, 0.4) is 0 Å². The van der Waals surface area contributed by atoms with Crippen LogP contribution in [-0.4, -0.2) is 62.8 Å². The van der Waals surface area contributed by atoms with E-state index in [1.54, 1.807) is 36.4 Å². The van der Waals surface area contributed by atoms with Crippen LogP contribution < -0.4 is 4.74 Å². The van der Waals surface area contributed by atoms with Crippen molar-refractivity contribution in [3.05, 3.63) is 60.7 Å². The fourth-order valence-corrected chi connectivity index (χ4v) is 3.35. The smallest absolute Gasteiger partial charge is 0.229 e. The van der Waals surface area contributed by atoms with Crippen molar-refractivity contribution in [2.24, 2.45) is 10.2 Å². The monoisotopic (exact) mass is 426 g/mol. The van der Waals surface area contributed by atoms with Crippen molar-refractivity contribution in [1.29, 1.82) is 0 Å². The molecule has 1 aliphatic heterocycles. The van der Waals surface area contributed by atoms with Gasteiger partial charge in [-0.3, -0.25) is 0 Å². The zero-order valence-corrected chi connectivity index (χ0v) is 16.3. The van der Waals surface area contributed by atoms with E-state index in [0.717, 1.165) is 10.8 Å². The Kier molecular flexibility index (Phi) is 6.12. The Morgan fingerprint density at radius 2 is 1.58 bits per heavy atom. The predicted octanol–water partition coefficient (Wildman–Crippen LogP) is 2.14. The van der Waals surface area contributed by atoms with Crippen LogP contribution in [0.15, 0.2) is 70.9 Å². The summed E-state index contributed by atoms with van der Waals surface area (Å²) in [6, 6.07) is 17.2. The van der Waals surface area contributed by atoms with Gasteiger partial charge in [0.05, 0.1) is 12.3 Å². The van der Waals surface area contributed by atoms with Crippen molar-refractivity contribution < 1.29 is 35.0 Å². The Bertz CT molecular complexity index is 1070. The van der Waals surface area contributed by atoms with Gasteiger partial charge in [-0.2, -0.15) is 5.11 Å². The molecule has 5 N–H and O–H groups in total. The summed E-state index contributed by atoms with van der Waals surface area (Å²) < 4.78 is 10.9. The first-order valence-corrected chi connectivity index (χ1v) is 9.67. The average molecular weight is 426 g/mol. The number of ether oxygens (including phenoxy) is 2. The number of aromatic hydroxyl groups is 1. The summed E-state index contributed by atoms with van der Waals surface area (Å²) in [5.41, 5.74) is 0.855. The highest BCUT2D eigenvalue weighted by Gasteiger charge is 2.44. The second-order valence-corrected chi connectivity index (χ2v) is 7.16. The summed E-state index contributed by atoms with van der Waals surface area (Å²) >= 11 is 0. The highest BCUT2D eigenvalue weighted by Crippen LogP contribution is 2.36. The predicted molar refractivity (Wildman–Crippen MR) is 111 cm³/mol. The first kappa shape index (κ1) is 21.2. The largest absolute Gasteiger partial charge is 0.506 e. The van der Waals surface area contributed by atoms with Gasteiger partial charge in [0.25, 0.3) is 0 Å². The topological polar surface area (TPSA) is 144 Å². The van der Waals surface area contributed by atoms with Gasteiger partial charge in [0.2, 0.25) is 6.29 Å². The van der Waals surface area contributed by atoms with Crippen LogP contribution in [0.5, 0.6) is 11.5 Å². The maximum Gasteiger partial charge on any atom is 0.229 e. The number of aliphatic hydroxyl groups is 4. The third-order valence-corrected chi connectivity index (χ3v) is 5.08. The van der Waals surface area contributed by atoms with Crippen molar-refractivity contribution in [1.82, 2.24) is 0 Å². The molecule has 4 rings (SSSR count).